The highest BCUT2D eigenvalue weighted by molar-refractivity contribution is 7.95. The summed E-state index contributed by atoms with van der Waals surface area (Å²) in [6.07, 6.45) is -0.710. The first kappa shape index (κ1) is 22.4. The number of fused-ring (bicyclic) bond motifs is 1. The van der Waals surface area contributed by atoms with Crippen LogP contribution in [0.2, 0.25) is 0 Å². The molecule has 1 N–H and O–H groups in total. The van der Waals surface area contributed by atoms with Gasteiger partial charge in [0, 0.05) is 19.6 Å². The Labute approximate surface area is 183 Å². The summed E-state index contributed by atoms with van der Waals surface area (Å²) < 4.78 is 29.4. The van der Waals surface area contributed by atoms with Crippen LogP contribution in [0.15, 0.2) is 48.5 Å². The van der Waals surface area contributed by atoms with E-state index in [2.05, 4.69) is 0 Å². The fourth-order valence-electron chi connectivity index (χ4n) is 3.60. The summed E-state index contributed by atoms with van der Waals surface area (Å²) in [7, 11) is -3.93. The first-order chi connectivity index (χ1) is 14.5. The van der Waals surface area contributed by atoms with Gasteiger partial charge < -0.3 is 10.0 Å². The van der Waals surface area contributed by atoms with E-state index in [9.17, 15) is 23.6 Å². The Morgan fingerprint density at radius 1 is 1.13 bits per heavy atom. The lowest BCUT2D eigenvalue weighted by Crippen LogP contribution is -2.40. The molecule has 2 aromatic rings. The average Bonchev–Trinajstić information content (AvgIpc) is 2.92. The summed E-state index contributed by atoms with van der Waals surface area (Å²) in [5, 5.41) is 18.8. The maximum atomic E-state index is 13.4. The maximum Gasteiger partial charge on any atom is 0.407 e. The van der Waals surface area contributed by atoms with E-state index in [1.54, 1.807) is 48.5 Å². The van der Waals surface area contributed by atoms with Gasteiger partial charge in [0.25, 0.3) is 0 Å². The van der Waals surface area contributed by atoms with Gasteiger partial charge in [0.1, 0.15) is 0 Å². The standard InChI is InChI=1S/C22H26N4O4S/c1-22(2,3)16-24(21(27)28)12-7-13-25-20-14-17(15-23)10-11-19(20)26(31(25,29)30)18-8-5-4-6-9-18/h4-6,8-11,14H,7,12-13,16H2,1-3H3,(H,27,28). The van der Waals surface area contributed by atoms with Crippen molar-refractivity contribution >= 4 is 33.4 Å². The van der Waals surface area contributed by atoms with E-state index in [0.29, 0.717) is 35.6 Å². The van der Waals surface area contributed by atoms with Gasteiger partial charge in [0.2, 0.25) is 0 Å². The monoisotopic (exact) mass is 442 g/mol. The third kappa shape index (κ3) is 4.75. The van der Waals surface area contributed by atoms with Gasteiger partial charge in [0.05, 0.1) is 28.7 Å². The molecule has 1 aliphatic rings. The molecule has 0 aromatic heterocycles. The topological polar surface area (TPSA) is 105 Å². The molecule has 2 aromatic carbocycles. The van der Waals surface area contributed by atoms with Crippen molar-refractivity contribution in [2.75, 3.05) is 28.2 Å². The van der Waals surface area contributed by atoms with Crippen molar-refractivity contribution in [1.82, 2.24) is 4.90 Å². The second kappa shape index (κ2) is 8.47. The molecule has 0 atom stereocenters. The lowest BCUT2D eigenvalue weighted by molar-refractivity contribution is 0.126. The van der Waals surface area contributed by atoms with Crippen molar-refractivity contribution in [2.45, 2.75) is 27.2 Å². The molecular weight excluding hydrogens is 416 g/mol. The number of nitrogens with zero attached hydrogens (tertiary/aromatic N) is 4. The molecule has 1 heterocycles. The average molecular weight is 443 g/mol. The molecule has 9 heteroatoms. The van der Waals surface area contributed by atoms with Crippen LogP contribution < -0.4 is 8.61 Å². The molecule has 0 radical (unpaired) electrons. The summed E-state index contributed by atoms with van der Waals surface area (Å²) in [6.45, 7) is 6.50. The Kier molecular flexibility index (Phi) is 6.13. The van der Waals surface area contributed by atoms with E-state index in [4.69, 9.17) is 0 Å². The lowest BCUT2D eigenvalue weighted by atomic mass is 9.96. The van der Waals surface area contributed by atoms with Crippen molar-refractivity contribution in [3.63, 3.8) is 0 Å². The zero-order chi connectivity index (χ0) is 22.8. The van der Waals surface area contributed by atoms with Gasteiger partial charge in [0.15, 0.2) is 0 Å². The van der Waals surface area contributed by atoms with Gasteiger partial charge in [-0.1, -0.05) is 39.0 Å². The highest BCUT2D eigenvalue weighted by Crippen LogP contribution is 2.45. The second-order valence-electron chi connectivity index (χ2n) is 8.61. The Balaban J connectivity index is 1.90. The smallest absolute Gasteiger partial charge is 0.407 e. The third-order valence-corrected chi connectivity index (χ3v) is 6.62. The molecule has 0 aliphatic carbocycles. The Morgan fingerprint density at radius 3 is 2.39 bits per heavy atom. The number of nitriles is 1. The van der Waals surface area contributed by atoms with Gasteiger partial charge >= 0.3 is 16.3 Å². The van der Waals surface area contributed by atoms with Gasteiger partial charge in [-0.15, -0.1) is 0 Å². The third-order valence-electron chi connectivity index (χ3n) is 4.82. The van der Waals surface area contributed by atoms with E-state index >= 15 is 0 Å². The van der Waals surface area contributed by atoms with Gasteiger partial charge in [-0.2, -0.15) is 13.7 Å². The van der Waals surface area contributed by atoms with Crippen LogP contribution in [0.5, 0.6) is 0 Å². The van der Waals surface area contributed by atoms with Gasteiger partial charge in [-0.3, -0.25) is 4.31 Å². The summed E-state index contributed by atoms with van der Waals surface area (Å²) in [4.78, 5) is 12.9. The quantitative estimate of drug-likeness (QED) is 0.723. The minimum absolute atomic E-state index is 0.0987. The number of amides is 1. The van der Waals surface area contributed by atoms with Crippen LogP contribution in [0.4, 0.5) is 21.9 Å². The molecule has 31 heavy (non-hydrogen) atoms. The van der Waals surface area contributed by atoms with E-state index in [0.717, 1.165) is 0 Å². The molecule has 164 valence electrons. The SMILES string of the molecule is CC(C)(C)CN(CCCN1c2cc(C#N)ccc2N(c2ccccc2)S1(=O)=O)C(=O)O. The number of carbonyl (C=O) groups is 1. The Bertz CT molecular complexity index is 1100. The molecule has 0 saturated heterocycles. The van der Waals surface area contributed by atoms with Crippen molar-refractivity contribution < 1.29 is 18.3 Å². The maximum absolute atomic E-state index is 13.4. The molecule has 0 unspecified atom stereocenters. The van der Waals surface area contributed by atoms with E-state index in [-0.39, 0.29) is 18.5 Å². The van der Waals surface area contributed by atoms with Gasteiger partial charge in [-0.25, -0.2) is 9.10 Å². The van der Waals surface area contributed by atoms with Crippen LogP contribution >= 0.6 is 0 Å². The molecule has 3 rings (SSSR count). The lowest BCUT2D eigenvalue weighted by Gasteiger charge is -2.28. The van der Waals surface area contributed by atoms with Crippen LogP contribution in [0.3, 0.4) is 0 Å². The summed E-state index contributed by atoms with van der Waals surface area (Å²) >= 11 is 0. The highest BCUT2D eigenvalue weighted by Gasteiger charge is 2.41. The molecule has 8 nitrogen and oxygen atoms in total. The minimum atomic E-state index is -3.93. The van der Waals surface area contributed by atoms with Crippen LogP contribution in [0.1, 0.15) is 32.8 Å². The fraction of sp³-hybridized carbons (Fsp3) is 0.364. The summed E-state index contributed by atoms with van der Waals surface area (Å²) in [5.74, 6) is 0. The number of hydrogen-bond donors (Lipinski definition) is 1. The normalized spacial score (nSPS) is 14.8. The Morgan fingerprint density at radius 2 is 1.81 bits per heavy atom. The largest absolute Gasteiger partial charge is 0.465 e. The zero-order valence-electron chi connectivity index (χ0n) is 17.8. The number of benzene rings is 2. The molecule has 0 bridgehead atoms. The molecule has 0 saturated carbocycles. The molecule has 1 amide bonds. The predicted molar refractivity (Wildman–Crippen MR) is 120 cm³/mol. The predicted octanol–water partition coefficient (Wildman–Crippen LogP) is 4.18. The summed E-state index contributed by atoms with van der Waals surface area (Å²) in [5.41, 5.74) is 1.52. The van der Waals surface area contributed by atoms with E-state index < -0.39 is 16.3 Å². The number of anilines is 3. The van der Waals surface area contributed by atoms with Crippen LogP contribution in [0.25, 0.3) is 0 Å². The molecule has 0 fully saturated rings. The molecular formula is C22H26N4O4S. The van der Waals surface area contributed by atoms with Gasteiger partial charge in [-0.05, 0) is 42.2 Å². The number of carboxylic acid groups (broad SMARTS) is 1. The van der Waals surface area contributed by atoms with E-state index in [1.165, 1.54) is 13.5 Å². The van der Waals surface area contributed by atoms with Crippen molar-refractivity contribution in [2.24, 2.45) is 5.41 Å². The second-order valence-corrected chi connectivity index (χ2v) is 10.3. The van der Waals surface area contributed by atoms with Crippen molar-refractivity contribution in [3.8, 4) is 6.07 Å². The first-order valence-electron chi connectivity index (χ1n) is 9.95. The highest BCUT2D eigenvalue weighted by atomic mass is 32.2. The van der Waals surface area contributed by atoms with Crippen LogP contribution in [0, 0.1) is 16.7 Å². The number of hydrogen-bond acceptors (Lipinski definition) is 4. The zero-order valence-corrected chi connectivity index (χ0v) is 18.6. The minimum Gasteiger partial charge on any atom is -0.465 e. The fourth-order valence-corrected chi connectivity index (χ4v) is 5.35. The first-order valence-corrected chi connectivity index (χ1v) is 11.3. The number of rotatable bonds is 6. The summed E-state index contributed by atoms with van der Waals surface area (Å²) in [6, 6.07) is 15.6. The van der Waals surface area contributed by atoms with Crippen LogP contribution in [-0.2, 0) is 10.2 Å². The number of para-hydroxylation sites is 1. The molecule has 0 spiro atoms. The van der Waals surface area contributed by atoms with Crippen molar-refractivity contribution in [1.29, 1.82) is 5.26 Å². The van der Waals surface area contributed by atoms with E-state index in [1.807, 2.05) is 26.8 Å². The molecule has 1 aliphatic heterocycles. The van der Waals surface area contributed by atoms with Crippen molar-refractivity contribution in [3.05, 3.63) is 54.1 Å². The Hall–Kier alpha value is -3.25. The van der Waals surface area contributed by atoms with Crippen LogP contribution in [-0.4, -0.2) is 44.2 Å².